The van der Waals surface area contributed by atoms with Crippen molar-refractivity contribution >= 4 is 51.8 Å². The summed E-state index contributed by atoms with van der Waals surface area (Å²) in [5.74, 6) is -0.0837. The van der Waals surface area contributed by atoms with E-state index in [1.165, 1.54) is 12.8 Å². The summed E-state index contributed by atoms with van der Waals surface area (Å²) >= 11 is 0. The number of anilines is 3. The van der Waals surface area contributed by atoms with Gasteiger partial charge in [0.05, 0.1) is 5.56 Å². The van der Waals surface area contributed by atoms with Crippen LogP contribution in [0.4, 0.5) is 17.1 Å². The number of para-hydroxylation sites is 2. The van der Waals surface area contributed by atoms with Crippen molar-refractivity contribution in [1.82, 2.24) is 5.32 Å². The number of imide groups is 1. The molecule has 0 aromatic heterocycles. The Kier molecular flexibility index (Phi) is 8.69. The second-order valence-electron chi connectivity index (χ2n) is 11.6. The Labute approximate surface area is 260 Å². The number of hydrogen-bond donors (Lipinski definition) is 1. The molecule has 4 heteroatoms. The Bertz CT molecular complexity index is 1770. The molecule has 0 saturated carbocycles. The highest BCUT2D eigenvalue weighted by atomic mass is 16.2. The van der Waals surface area contributed by atoms with Crippen molar-refractivity contribution in [2.24, 2.45) is 5.92 Å². The van der Waals surface area contributed by atoms with E-state index in [4.69, 9.17) is 0 Å². The molecule has 0 fully saturated rings. The van der Waals surface area contributed by atoms with Gasteiger partial charge in [-0.3, -0.25) is 14.9 Å². The topological polar surface area (TPSA) is 49.4 Å². The fourth-order valence-electron chi connectivity index (χ4n) is 6.25. The molecule has 0 radical (unpaired) electrons. The minimum absolute atomic E-state index is 0.281. The monoisotopic (exact) mass is 578 g/mol. The van der Waals surface area contributed by atoms with Gasteiger partial charge in [0.25, 0.3) is 11.8 Å². The molecule has 4 nitrogen and oxygen atoms in total. The van der Waals surface area contributed by atoms with Crippen LogP contribution in [0.5, 0.6) is 0 Å². The fraction of sp³-hybridized carbons (Fsp3) is 0.200. The molecular weight excluding hydrogens is 540 g/mol. The molecule has 0 saturated heterocycles. The molecule has 0 aliphatic carbocycles. The van der Waals surface area contributed by atoms with Crippen molar-refractivity contribution < 1.29 is 9.59 Å². The van der Waals surface area contributed by atoms with Crippen LogP contribution in [0.2, 0.25) is 0 Å². The summed E-state index contributed by atoms with van der Waals surface area (Å²) in [5.41, 5.74) is 7.50. The molecular formula is C40H38N2O2. The Hall–Kier alpha value is -4.96. The Balaban J connectivity index is 1.30. The summed E-state index contributed by atoms with van der Waals surface area (Å²) in [6.45, 7) is 4.43. The molecule has 220 valence electrons. The van der Waals surface area contributed by atoms with E-state index in [2.05, 4.69) is 121 Å². The Morgan fingerprint density at radius 2 is 1.34 bits per heavy atom. The lowest BCUT2D eigenvalue weighted by molar-refractivity contribution is 0.0844. The van der Waals surface area contributed by atoms with Gasteiger partial charge in [-0.2, -0.15) is 0 Å². The normalized spacial score (nSPS) is 13.3. The molecule has 2 amide bonds. The lowest BCUT2D eigenvalue weighted by atomic mass is 9.85. The first-order valence-electron chi connectivity index (χ1n) is 15.7. The van der Waals surface area contributed by atoms with Crippen molar-refractivity contribution in [3.05, 3.63) is 137 Å². The van der Waals surface area contributed by atoms with E-state index < -0.39 is 0 Å². The Morgan fingerprint density at radius 3 is 1.98 bits per heavy atom. The first-order chi connectivity index (χ1) is 21.6. The number of nitrogens with zero attached hydrogens (tertiary/aromatic N) is 1. The number of amides is 2. The van der Waals surface area contributed by atoms with Crippen LogP contribution < -0.4 is 10.2 Å². The van der Waals surface area contributed by atoms with Crippen LogP contribution in [0.25, 0.3) is 22.9 Å². The summed E-state index contributed by atoms with van der Waals surface area (Å²) in [5, 5.41) is 4.31. The third-order valence-electron chi connectivity index (χ3n) is 8.63. The second kappa shape index (κ2) is 13.1. The zero-order chi connectivity index (χ0) is 30.5. The standard InChI is InChI=1S/C40H38N2O2/c1-3-5-12-28(4-2)25-32-22-21-31-26-30(27-36-37(31)38(32)40(44)41-39(36)43)18-17-29-19-23-35(24-20-29)42(33-13-8-6-9-14-33)34-15-10-7-11-16-34/h6-11,13-24,26-28H,3-5,12,25H2,1-2H3,(H,41,43,44)/b18-17+. The molecule has 44 heavy (non-hydrogen) atoms. The first kappa shape index (κ1) is 29.1. The van der Waals surface area contributed by atoms with E-state index in [-0.39, 0.29) is 11.8 Å². The van der Waals surface area contributed by atoms with Crippen molar-refractivity contribution in [2.75, 3.05) is 4.90 Å². The summed E-state index contributed by atoms with van der Waals surface area (Å²) in [7, 11) is 0. The van der Waals surface area contributed by atoms with Crippen LogP contribution in [-0.4, -0.2) is 11.8 Å². The number of hydrogen-bond acceptors (Lipinski definition) is 3. The van der Waals surface area contributed by atoms with E-state index in [0.29, 0.717) is 17.0 Å². The molecule has 6 rings (SSSR count). The highest BCUT2D eigenvalue weighted by Crippen LogP contribution is 2.35. The van der Waals surface area contributed by atoms with E-state index in [1.807, 2.05) is 24.3 Å². The zero-order valence-corrected chi connectivity index (χ0v) is 25.4. The quantitative estimate of drug-likeness (QED) is 0.125. The minimum Gasteiger partial charge on any atom is -0.311 e. The zero-order valence-electron chi connectivity index (χ0n) is 25.4. The second-order valence-corrected chi connectivity index (χ2v) is 11.6. The highest BCUT2D eigenvalue weighted by Gasteiger charge is 2.28. The molecule has 5 aromatic carbocycles. The van der Waals surface area contributed by atoms with Gasteiger partial charge in [-0.05, 0) is 82.9 Å². The van der Waals surface area contributed by atoms with Crippen LogP contribution in [0.1, 0.15) is 76.9 Å². The molecule has 1 aliphatic heterocycles. The average molecular weight is 579 g/mol. The molecule has 1 unspecified atom stereocenters. The summed E-state index contributed by atoms with van der Waals surface area (Å²) in [6.07, 6.45) is 9.53. The molecule has 1 atom stereocenters. The van der Waals surface area contributed by atoms with E-state index >= 15 is 0 Å². The van der Waals surface area contributed by atoms with Gasteiger partial charge in [-0.25, -0.2) is 0 Å². The van der Waals surface area contributed by atoms with E-state index in [9.17, 15) is 9.59 Å². The van der Waals surface area contributed by atoms with Crippen molar-refractivity contribution in [1.29, 1.82) is 0 Å². The number of unbranched alkanes of at least 4 members (excludes halogenated alkanes) is 1. The maximum absolute atomic E-state index is 13.1. The highest BCUT2D eigenvalue weighted by molar-refractivity contribution is 6.26. The summed E-state index contributed by atoms with van der Waals surface area (Å²) in [4.78, 5) is 28.3. The van der Waals surface area contributed by atoms with Gasteiger partial charge in [-0.1, -0.05) is 112 Å². The van der Waals surface area contributed by atoms with Crippen LogP contribution >= 0.6 is 0 Å². The van der Waals surface area contributed by atoms with Crippen LogP contribution in [0.15, 0.2) is 109 Å². The smallest absolute Gasteiger partial charge is 0.259 e. The molecule has 1 heterocycles. The van der Waals surface area contributed by atoms with Crippen LogP contribution in [-0.2, 0) is 6.42 Å². The number of nitrogens with one attached hydrogen (secondary N) is 1. The fourth-order valence-corrected chi connectivity index (χ4v) is 6.25. The summed E-state index contributed by atoms with van der Waals surface area (Å²) < 4.78 is 0. The van der Waals surface area contributed by atoms with Gasteiger partial charge in [-0.15, -0.1) is 0 Å². The lowest BCUT2D eigenvalue weighted by Crippen LogP contribution is -2.35. The minimum atomic E-state index is -0.329. The number of benzene rings is 5. The molecule has 0 bridgehead atoms. The number of carbonyl (C=O) groups excluding carboxylic acids is 2. The van der Waals surface area contributed by atoms with Crippen molar-refractivity contribution in [2.45, 2.75) is 46.0 Å². The van der Waals surface area contributed by atoms with Gasteiger partial charge in [0.1, 0.15) is 0 Å². The van der Waals surface area contributed by atoms with E-state index in [1.54, 1.807) is 0 Å². The lowest BCUT2D eigenvalue weighted by Gasteiger charge is -2.25. The molecule has 1 N–H and O–H groups in total. The molecule has 1 aliphatic rings. The van der Waals surface area contributed by atoms with Crippen LogP contribution in [0, 0.1) is 5.92 Å². The SMILES string of the molecule is CCCCC(CC)Cc1ccc2cc(/C=C/c3ccc(N(c4ccccc4)c4ccccc4)cc3)cc3c2c1C(=O)NC3=O. The van der Waals surface area contributed by atoms with Gasteiger partial charge in [0.15, 0.2) is 0 Å². The maximum atomic E-state index is 13.1. The number of rotatable bonds is 11. The summed E-state index contributed by atoms with van der Waals surface area (Å²) in [6, 6.07) is 37.3. The van der Waals surface area contributed by atoms with E-state index in [0.717, 1.165) is 63.8 Å². The largest absolute Gasteiger partial charge is 0.311 e. The Morgan fingerprint density at radius 1 is 0.705 bits per heavy atom. The number of carbonyl (C=O) groups is 2. The average Bonchev–Trinajstić information content (AvgIpc) is 3.06. The van der Waals surface area contributed by atoms with Gasteiger partial charge in [0, 0.05) is 28.0 Å². The van der Waals surface area contributed by atoms with Gasteiger partial charge < -0.3 is 4.90 Å². The van der Waals surface area contributed by atoms with Gasteiger partial charge in [0.2, 0.25) is 0 Å². The van der Waals surface area contributed by atoms with Gasteiger partial charge >= 0.3 is 0 Å². The van der Waals surface area contributed by atoms with Crippen molar-refractivity contribution in [3.63, 3.8) is 0 Å². The van der Waals surface area contributed by atoms with Crippen LogP contribution in [0.3, 0.4) is 0 Å². The van der Waals surface area contributed by atoms with Crippen molar-refractivity contribution in [3.8, 4) is 0 Å². The third-order valence-corrected chi connectivity index (χ3v) is 8.63. The third kappa shape index (κ3) is 6.07. The molecule has 5 aromatic rings. The maximum Gasteiger partial charge on any atom is 0.259 e. The predicted molar refractivity (Wildman–Crippen MR) is 183 cm³/mol. The molecule has 0 spiro atoms. The predicted octanol–water partition coefficient (Wildman–Crippen LogP) is 10.1. The first-order valence-corrected chi connectivity index (χ1v) is 15.7.